The number of hydrogen-bond acceptors (Lipinski definition) is 3. The summed E-state index contributed by atoms with van der Waals surface area (Å²) in [5.74, 6) is -0.177. The average Bonchev–Trinajstić information content (AvgIpc) is 2.95. The van der Waals surface area contributed by atoms with Gasteiger partial charge in [0.15, 0.2) is 0 Å². The predicted octanol–water partition coefficient (Wildman–Crippen LogP) is 1.28. The quantitative estimate of drug-likeness (QED) is 0.835. The second-order valence-electron chi connectivity index (χ2n) is 4.67. The molecule has 96 valence electrons. The van der Waals surface area contributed by atoms with Crippen molar-refractivity contribution in [2.75, 3.05) is 13.1 Å². The molecule has 0 radical (unpaired) electrons. The molecule has 2 aliphatic heterocycles. The molecule has 1 aromatic rings. The molecule has 2 atom stereocenters. The minimum atomic E-state index is -0.153. The van der Waals surface area contributed by atoms with Gasteiger partial charge in [0.05, 0.1) is 23.8 Å². The highest BCUT2D eigenvalue weighted by Gasteiger charge is 2.43. The molecule has 18 heavy (non-hydrogen) atoms. The van der Waals surface area contributed by atoms with E-state index in [0.29, 0.717) is 18.7 Å². The van der Waals surface area contributed by atoms with E-state index in [-0.39, 0.29) is 29.0 Å². The van der Waals surface area contributed by atoms with Crippen molar-refractivity contribution < 1.29 is 14.0 Å². The van der Waals surface area contributed by atoms with Gasteiger partial charge in [0.2, 0.25) is 11.1 Å². The highest BCUT2D eigenvalue weighted by Crippen LogP contribution is 2.30. The molecule has 0 aromatic carbocycles. The third-order valence-corrected chi connectivity index (χ3v) is 4.00. The molecule has 2 amide bonds. The molecular weight excluding hydrogens is 256 g/mol. The Morgan fingerprint density at radius 3 is 3.11 bits per heavy atom. The number of carbonyl (C=O) groups excluding carboxylic acids is 2. The van der Waals surface area contributed by atoms with Crippen LogP contribution in [0.4, 0.5) is 0 Å². The number of likely N-dealkylation sites (tertiary alicyclic amines) is 1. The third kappa shape index (κ3) is 1.70. The van der Waals surface area contributed by atoms with Crippen LogP contribution in [0.1, 0.15) is 23.2 Å². The predicted molar refractivity (Wildman–Crippen MR) is 64.3 cm³/mol. The molecule has 6 heteroatoms. The minimum absolute atomic E-state index is 0.0512. The molecule has 0 unspecified atom stereocenters. The van der Waals surface area contributed by atoms with E-state index in [2.05, 4.69) is 5.32 Å². The van der Waals surface area contributed by atoms with Crippen LogP contribution in [0.2, 0.25) is 5.22 Å². The number of rotatable bonds is 1. The van der Waals surface area contributed by atoms with Gasteiger partial charge >= 0.3 is 0 Å². The van der Waals surface area contributed by atoms with E-state index in [0.717, 1.165) is 12.8 Å². The Hall–Kier alpha value is -1.49. The second-order valence-corrected chi connectivity index (χ2v) is 5.01. The standard InChI is InChI=1S/C12H13ClN2O3/c13-10-8(3-5-18-10)12(17)15-4-1-2-7-9(15)6-14-11(7)16/h3,5,7,9H,1-2,4,6H2,(H,14,16)/t7-,9-/m1/s1. The number of fused-ring (bicyclic) bond motifs is 1. The molecule has 0 bridgehead atoms. The summed E-state index contributed by atoms with van der Waals surface area (Å²) < 4.78 is 4.94. The molecule has 0 saturated carbocycles. The summed E-state index contributed by atoms with van der Waals surface area (Å²) >= 11 is 5.83. The lowest BCUT2D eigenvalue weighted by Crippen LogP contribution is -2.48. The van der Waals surface area contributed by atoms with Crippen LogP contribution >= 0.6 is 11.6 Å². The van der Waals surface area contributed by atoms with Gasteiger partial charge in [0.25, 0.3) is 5.91 Å². The third-order valence-electron chi connectivity index (χ3n) is 3.71. The van der Waals surface area contributed by atoms with Gasteiger partial charge in [0.1, 0.15) is 0 Å². The van der Waals surface area contributed by atoms with Gasteiger partial charge in [-0.25, -0.2) is 0 Å². The maximum absolute atomic E-state index is 12.4. The van der Waals surface area contributed by atoms with E-state index in [1.54, 1.807) is 11.0 Å². The lowest BCUT2D eigenvalue weighted by molar-refractivity contribution is -0.123. The molecule has 1 aromatic heterocycles. The molecule has 0 aliphatic carbocycles. The Kier molecular flexibility index (Phi) is 2.78. The van der Waals surface area contributed by atoms with E-state index >= 15 is 0 Å². The number of nitrogens with zero attached hydrogens (tertiary/aromatic N) is 1. The highest BCUT2D eigenvalue weighted by atomic mass is 35.5. The maximum atomic E-state index is 12.4. The summed E-state index contributed by atoms with van der Waals surface area (Å²) in [5.41, 5.74) is 0.372. The van der Waals surface area contributed by atoms with Crippen LogP contribution < -0.4 is 5.32 Å². The van der Waals surface area contributed by atoms with Gasteiger partial charge in [-0.1, -0.05) is 0 Å². The smallest absolute Gasteiger partial charge is 0.259 e. The van der Waals surface area contributed by atoms with Crippen LogP contribution in [0.3, 0.4) is 0 Å². The van der Waals surface area contributed by atoms with E-state index in [1.165, 1.54) is 6.26 Å². The Bertz CT molecular complexity index is 499. The monoisotopic (exact) mass is 268 g/mol. The van der Waals surface area contributed by atoms with Crippen molar-refractivity contribution in [2.24, 2.45) is 5.92 Å². The SMILES string of the molecule is O=C1NC[C@@H]2[C@H]1CCCN2C(=O)c1ccoc1Cl. The molecule has 2 saturated heterocycles. The van der Waals surface area contributed by atoms with Crippen LogP contribution in [0.15, 0.2) is 16.7 Å². The van der Waals surface area contributed by atoms with Gasteiger partial charge in [-0.05, 0) is 30.5 Å². The molecule has 2 aliphatic rings. The zero-order chi connectivity index (χ0) is 12.7. The Balaban J connectivity index is 1.86. The van der Waals surface area contributed by atoms with Crippen LogP contribution in [-0.4, -0.2) is 35.8 Å². The first kappa shape index (κ1) is 11.6. The fourth-order valence-corrected chi connectivity index (χ4v) is 3.00. The fourth-order valence-electron chi connectivity index (χ4n) is 2.80. The highest BCUT2D eigenvalue weighted by molar-refractivity contribution is 6.32. The van der Waals surface area contributed by atoms with Gasteiger partial charge in [-0.3, -0.25) is 9.59 Å². The van der Waals surface area contributed by atoms with Crippen molar-refractivity contribution in [3.8, 4) is 0 Å². The number of nitrogens with one attached hydrogen (secondary N) is 1. The van der Waals surface area contributed by atoms with Gasteiger partial charge < -0.3 is 14.6 Å². The molecule has 3 heterocycles. The summed E-state index contributed by atoms with van der Waals surface area (Å²) in [4.78, 5) is 25.7. The molecule has 5 nitrogen and oxygen atoms in total. The van der Waals surface area contributed by atoms with Crippen molar-refractivity contribution >= 4 is 23.4 Å². The van der Waals surface area contributed by atoms with Crippen LogP contribution in [0, 0.1) is 5.92 Å². The molecule has 1 N–H and O–H groups in total. The normalized spacial score (nSPS) is 26.9. The Labute approximate surface area is 109 Å². The lowest BCUT2D eigenvalue weighted by atomic mass is 9.91. The van der Waals surface area contributed by atoms with Crippen LogP contribution in [-0.2, 0) is 4.79 Å². The first-order valence-corrected chi connectivity index (χ1v) is 6.38. The topological polar surface area (TPSA) is 62.6 Å². The van der Waals surface area contributed by atoms with Crippen molar-refractivity contribution in [1.82, 2.24) is 10.2 Å². The van der Waals surface area contributed by atoms with Crippen molar-refractivity contribution in [3.63, 3.8) is 0 Å². The van der Waals surface area contributed by atoms with Crippen molar-refractivity contribution in [1.29, 1.82) is 0 Å². The number of piperidine rings is 1. The second kappa shape index (κ2) is 4.31. The number of hydrogen-bond donors (Lipinski definition) is 1. The van der Waals surface area contributed by atoms with Crippen LogP contribution in [0.5, 0.6) is 0 Å². The summed E-state index contributed by atoms with van der Waals surface area (Å²) in [6.07, 6.45) is 3.09. The molecule has 2 fully saturated rings. The average molecular weight is 269 g/mol. The minimum Gasteiger partial charge on any atom is -0.452 e. The maximum Gasteiger partial charge on any atom is 0.259 e. The fraction of sp³-hybridized carbons (Fsp3) is 0.500. The van der Waals surface area contributed by atoms with Crippen LogP contribution in [0.25, 0.3) is 0 Å². The van der Waals surface area contributed by atoms with E-state index < -0.39 is 0 Å². The molecule has 3 rings (SSSR count). The summed E-state index contributed by atoms with van der Waals surface area (Å²) in [7, 11) is 0. The molecular formula is C12H13ClN2O3. The summed E-state index contributed by atoms with van der Waals surface area (Å²) in [5, 5.41) is 2.93. The number of amides is 2. The zero-order valence-corrected chi connectivity index (χ0v) is 10.4. The lowest BCUT2D eigenvalue weighted by Gasteiger charge is -2.35. The van der Waals surface area contributed by atoms with Crippen molar-refractivity contribution in [2.45, 2.75) is 18.9 Å². The number of carbonyl (C=O) groups is 2. The Morgan fingerprint density at radius 2 is 2.39 bits per heavy atom. The van der Waals surface area contributed by atoms with Crippen molar-refractivity contribution in [3.05, 3.63) is 23.1 Å². The van der Waals surface area contributed by atoms with Gasteiger partial charge in [0, 0.05) is 13.1 Å². The first-order valence-electron chi connectivity index (χ1n) is 6.00. The summed E-state index contributed by atoms with van der Waals surface area (Å²) in [6.45, 7) is 1.20. The Morgan fingerprint density at radius 1 is 1.56 bits per heavy atom. The van der Waals surface area contributed by atoms with Gasteiger partial charge in [-0.2, -0.15) is 0 Å². The molecule has 0 spiro atoms. The number of furan rings is 1. The first-order chi connectivity index (χ1) is 8.68. The largest absolute Gasteiger partial charge is 0.452 e. The summed E-state index contributed by atoms with van der Waals surface area (Å²) in [6, 6.07) is 1.52. The van der Waals surface area contributed by atoms with E-state index in [9.17, 15) is 9.59 Å². The zero-order valence-electron chi connectivity index (χ0n) is 9.69. The van der Waals surface area contributed by atoms with Gasteiger partial charge in [-0.15, -0.1) is 0 Å². The van der Waals surface area contributed by atoms with E-state index in [4.69, 9.17) is 16.0 Å². The number of halogens is 1. The van der Waals surface area contributed by atoms with E-state index in [1.807, 2.05) is 0 Å².